The first-order chi connectivity index (χ1) is 9.72. The fourth-order valence-corrected chi connectivity index (χ4v) is 1.71. The van der Waals surface area contributed by atoms with E-state index in [2.05, 4.69) is 4.74 Å². The van der Waals surface area contributed by atoms with Crippen LogP contribution >= 0.6 is 0 Å². The van der Waals surface area contributed by atoms with Gasteiger partial charge in [0.2, 0.25) is 0 Å². The lowest BCUT2D eigenvalue weighted by Gasteiger charge is -2.21. The van der Waals surface area contributed by atoms with Crippen molar-refractivity contribution in [2.24, 2.45) is 0 Å². The second-order valence-electron chi connectivity index (χ2n) is 4.46. The molecule has 112 valence electrons. The molecule has 5 nitrogen and oxygen atoms in total. The number of rotatable bonds is 8. The van der Waals surface area contributed by atoms with Crippen LogP contribution in [0.15, 0.2) is 24.3 Å². The molecule has 1 fully saturated rings. The van der Waals surface area contributed by atoms with Crippen molar-refractivity contribution in [3.63, 3.8) is 0 Å². The molecule has 0 spiro atoms. The number of esters is 1. The van der Waals surface area contributed by atoms with Crippen LogP contribution in [-0.4, -0.2) is 38.4 Å². The molecule has 0 aromatic heterocycles. The highest BCUT2D eigenvalue weighted by Gasteiger charge is 2.12. The Hall–Kier alpha value is -1.46. The fraction of sp³-hybridized carbons (Fsp3) is 0.600. The van der Waals surface area contributed by atoms with Crippen molar-refractivity contribution in [3.05, 3.63) is 24.3 Å². The number of carbonyl (C=O) groups excluding carboxylic acids is 2. The molecule has 0 bridgehead atoms. The number of hydrogen-bond acceptors (Lipinski definition) is 5. The van der Waals surface area contributed by atoms with Crippen LogP contribution in [0.3, 0.4) is 0 Å². The molecule has 1 rings (SSSR count). The zero-order valence-electron chi connectivity index (χ0n) is 11.9. The number of carbonyl (C=O) groups is 2. The molecule has 20 heavy (non-hydrogen) atoms. The minimum absolute atomic E-state index is 0.0981. The molecule has 0 amide bonds. The molecule has 1 heterocycles. The molecular weight excluding hydrogens is 260 g/mol. The third-order valence-corrected chi connectivity index (χ3v) is 2.85. The molecule has 5 heteroatoms. The summed E-state index contributed by atoms with van der Waals surface area (Å²) in [7, 11) is 1.31. The maximum absolute atomic E-state index is 11.4. The second kappa shape index (κ2) is 10.3. The summed E-state index contributed by atoms with van der Waals surface area (Å²) in [6, 6.07) is 0. The summed E-state index contributed by atoms with van der Waals surface area (Å²) in [6.45, 7) is 1.23. The van der Waals surface area contributed by atoms with Crippen LogP contribution in [-0.2, 0) is 23.8 Å². The Bertz CT molecular complexity index is 353. The average molecular weight is 282 g/mol. The molecule has 1 saturated heterocycles. The normalized spacial score (nSPS) is 19.6. The third kappa shape index (κ3) is 7.86. The van der Waals surface area contributed by atoms with Gasteiger partial charge in [0.05, 0.1) is 20.1 Å². The highest BCUT2D eigenvalue weighted by molar-refractivity contribution is 5.91. The van der Waals surface area contributed by atoms with E-state index in [-0.39, 0.29) is 30.9 Å². The van der Waals surface area contributed by atoms with Gasteiger partial charge in [-0.1, -0.05) is 18.2 Å². The maximum Gasteiger partial charge on any atom is 0.305 e. The Morgan fingerprint density at radius 2 is 2.10 bits per heavy atom. The van der Waals surface area contributed by atoms with E-state index in [0.717, 1.165) is 25.9 Å². The molecule has 0 aliphatic carbocycles. The van der Waals surface area contributed by atoms with E-state index in [1.807, 2.05) is 6.08 Å². The number of ether oxygens (including phenoxy) is 3. The Morgan fingerprint density at radius 3 is 2.80 bits per heavy atom. The van der Waals surface area contributed by atoms with Gasteiger partial charge in [0.1, 0.15) is 0 Å². The van der Waals surface area contributed by atoms with Crippen LogP contribution in [0.2, 0.25) is 0 Å². The van der Waals surface area contributed by atoms with Gasteiger partial charge in [-0.25, -0.2) is 0 Å². The molecular formula is C15H22O5. The average Bonchev–Trinajstić information content (AvgIpc) is 2.49. The quantitative estimate of drug-likeness (QED) is 0.388. The predicted octanol–water partition coefficient (Wildman–Crippen LogP) is 2.16. The smallest absolute Gasteiger partial charge is 0.305 e. The minimum atomic E-state index is -0.372. The summed E-state index contributed by atoms with van der Waals surface area (Å²) in [5.74, 6) is -0.472. The van der Waals surface area contributed by atoms with E-state index in [4.69, 9.17) is 9.47 Å². The SMILES string of the molecule is COC(=O)CCC(=O)C=CC=CCOC1CCCCO1. The maximum atomic E-state index is 11.4. The summed E-state index contributed by atoms with van der Waals surface area (Å²) in [5, 5.41) is 0. The van der Waals surface area contributed by atoms with Gasteiger partial charge in [0.15, 0.2) is 12.1 Å². The Balaban J connectivity index is 2.08. The lowest BCUT2D eigenvalue weighted by Crippen LogP contribution is -2.22. The molecule has 0 saturated carbocycles. The van der Waals surface area contributed by atoms with Crippen LogP contribution in [0.25, 0.3) is 0 Å². The van der Waals surface area contributed by atoms with E-state index in [1.165, 1.54) is 13.2 Å². The highest BCUT2D eigenvalue weighted by Crippen LogP contribution is 2.13. The molecule has 1 unspecified atom stereocenters. The standard InChI is InChI=1S/C15H22O5/c1-18-14(17)10-9-13(16)7-3-2-5-11-19-15-8-4-6-12-20-15/h2-3,5,7,15H,4,6,8-12H2,1H3. The first-order valence-electron chi connectivity index (χ1n) is 6.88. The van der Waals surface area contributed by atoms with Crippen molar-refractivity contribution in [2.75, 3.05) is 20.3 Å². The monoisotopic (exact) mass is 282 g/mol. The Morgan fingerprint density at radius 1 is 1.25 bits per heavy atom. The third-order valence-electron chi connectivity index (χ3n) is 2.85. The zero-order valence-corrected chi connectivity index (χ0v) is 11.9. The molecule has 1 atom stereocenters. The van der Waals surface area contributed by atoms with Gasteiger partial charge < -0.3 is 14.2 Å². The Kier molecular flexibility index (Phi) is 8.58. The minimum Gasteiger partial charge on any atom is -0.469 e. The van der Waals surface area contributed by atoms with Crippen molar-refractivity contribution in [1.82, 2.24) is 0 Å². The molecule has 0 N–H and O–H groups in total. The van der Waals surface area contributed by atoms with Gasteiger partial charge in [-0.15, -0.1) is 0 Å². The molecule has 0 radical (unpaired) electrons. The summed E-state index contributed by atoms with van der Waals surface area (Å²) < 4.78 is 15.4. The van der Waals surface area contributed by atoms with E-state index >= 15 is 0 Å². The Labute approximate surface area is 119 Å². The number of ketones is 1. The summed E-state index contributed by atoms with van der Waals surface area (Å²) in [5.41, 5.74) is 0. The summed E-state index contributed by atoms with van der Waals surface area (Å²) >= 11 is 0. The first-order valence-corrected chi connectivity index (χ1v) is 6.88. The second-order valence-corrected chi connectivity index (χ2v) is 4.46. The van der Waals surface area contributed by atoms with Crippen molar-refractivity contribution < 1.29 is 23.8 Å². The molecule has 1 aliphatic rings. The predicted molar refractivity (Wildman–Crippen MR) is 74.1 cm³/mol. The van der Waals surface area contributed by atoms with Gasteiger partial charge in [-0.3, -0.25) is 9.59 Å². The fourth-order valence-electron chi connectivity index (χ4n) is 1.71. The van der Waals surface area contributed by atoms with Crippen LogP contribution in [0, 0.1) is 0 Å². The van der Waals surface area contributed by atoms with Crippen molar-refractivity contribution in [1.29, 1.82) is 0 Å². The van der Waals surface area contributed by atoms with Crippen LogP contribution in [0.5, 0.6) is 0 Å². The van der Waals surface area contributed by atoms with Gasteiger partial charge in [-0.2, -0.15) is 0 Å². The largest absolute Gasteiger partial charge is 0.469 e. The topological polar surface area (TPSA) is 61.8 Å². The molecule has 0 aromatic carbocycles. The molecule has 0 aromatic rings. The number of hydrogen-bond donors (Lipinski definition) is 0. The van der Waals surface area contributed by atoms with E-state index < -0.39 is 0 Å². The van der Waals surface area contributed by atoms with Crippen LogP contribution < -0.4 is 0 Å². The van der Waals surface area contributed by atoms with Gasteiger partial charge in [0, 0.05) is 13.0 Å². The van der Waals surface area contributed by atoms with E-state index in [9.17, 15) is 9.59 Å². The van der Waals surface area contributed by atoms with Gasteiger partial charge in [0.25, 0.3) is 0 Å². The van der Waals surface area contributed by atoms with Gasteiger partial charge in [-0.05, 0) is 25.3 Å². The summed E-state index contributed by atoms with van der Waals surface area (Å²) in [4.78, 5) is 22.2. The van der Waals surface area contributed by atoms with Gasteiger partial charge >= 0.3 is 5.97 Å². The summed E-state index contributed by atoms with van der Waals surface area (Å²) in [6.07, 6.45) is 10.0. The number of methoxy groups -OCH3 is 1. The lowest BCUT2D eigenvalue weighted by atomic mass is 10.2. The zero-order chi connectivity index (χ0) is 14.6. The lowest BCUT2D eigenvalue weighted by molar-refractivity contribution is -0.155. The van der Waals surface area contributed by atoms with Crippen LogP contribution in [0.1, 0.15) is 32.1 Å². The van der Waals surface area contributed by atoms with E-state index in [0.29, 0.717) is 6.61 Å². The van der Waals surface area contributed by atoms with Crippen molar-refractivity contribution in [3.8, 4) is 0 Å². The van der Waals surface area contributed by atoms with Crippen molar-refractivity contribution in [2.45, 2.75) is 38.4 Å². The van der Waals surface area contributed by atoms with Crippen molar-refractivity contribution >= 4 is 11.8 Å². The van der Waals surface area contributed by atoms with E-state index in [1.54, 1.807) is 12.2 Å². The highest BCUT2D eigenvalue weighted by atomic mass is 16.7. The first kappa shape index (κ1) is 16.6. The van der Waals surface area contributed by atoms with Crippen LogP contribution in [0.4, 0.5) is 0 Å². The molecule has 1 aliphatic heterocycles. The number of allylic oxidation sites excluding steroid dienone is 3.